The highest BCUT2D eigenvalue weighted by molar-refractivity contribution is 6.06. The van der Waals surface area contributed by atoms with Gasteiger partial charge in [-0.15, -0.1) is 0 Å². The third-order valence-electron chi connectivity index (χ3n) is 4.85. The van der Waals surface area contributed by atoms with E-state index in [0.29, 0.717) is 17.3 Å². The summed E-state index contributed by atoms with van der Waals surface area (Å²) in [4.78, 5) is 20.0. The van der Waals surface area contributed by atoms with Gasteiger partial charge in [0, 0.05) is 18.3 Å². The predicted octanol–water partition coefficient (Wildman–Crippen LogP) is 3.26. The lowest BCUT2D eigenvalue weighted by Gasteiger charge is -2.34. The van der Waals surface area contributed by atoms with Crippen LogP contribution in [-0.4, -0.2) is 46.6 Å². The summed E-state index contributed by atoms with van der Waals surface area (Å²) in [6.45, 7) is 10.8. The van der Waals surface area contributed by atoms with E-state index in [1.807, 2.05) is 17.9 Å². The molecule has 0 aliphatic carbocycles. The molecule has 0 atom stereocenters. The molecule has 1 amide bonds. The van der Waals surface area contributed by atoms with Gasteiger partial charge in [-0.1, -0.05) is 25.9 Å². The summed E-state index contributed by atoms with van der Waals surface area (Å²) in [7, 11) is 0. The molecule has 0 spiro atoms. The maximum absolute atomic E-state index is 13.5. The summed E-state index contributed by atoms with van der Waals surface area (Å²) in [6, 6.07) is 2.18. The lowest BCUT2D eigenvalue weighted by atomic mass is 9.99. The number of rotatable bonds is 5. The fourth-order valence-electron chi connectivity index (χ4n) is 3.62. The smallest absolute Gasteiger partial charge is 0.259 e. The van der Waals surface area contributed by atoms with Crippen molar-refractivity contribution in [2.24, 2.45) is 0 Å². The van der Waals surface area contributed by atoms with Crippen molar-refractivity contribution in [3.8, 4) is 0 Å². The molecule has 1 saturated heterocycles. The van der Waals surface area contributed by atoms with E-state index in [0.717, 1.165) is 55.7 Å². The van der Waals surface area contributed by atoms with Crippen LogP contribution >= 0.6 is 0 Å². The van der Waals surface area contributed by atoms with Gasteiger partial charge in [-0.3, -0.25) is 4.79 Å². The van der Waals surface area contributed by atoms with E-state index in [4.69, 9.17) is 4.52 Å². The molecule has 2 aromatic heterocycles. The average Bonchev–Trinajstić information content (AvgIpc) is 3.03. The number of nitrogens with zero attached hydrogens (tertiary/aromatic N) is 3. The van der Waals surface area contributed by atoms with Crippen LogP contribution in [0.3, 0.4) is 0 Å². The molecule has 0 bridgehead atoms. The van der Waals surface area contributed by atoms with E-state index in [1.54, 1.807) is 0 Å². The number of fused-ring (bicyclic) bond motifs is 1. The maximum Gasteiger partial charge on any atom is 0.259 e. The molecule has 3 heterocycles. The van der Waals surface area contributed by atoms with Gasteiger partial charge in [0.05, 0.1) is 16.6 Å². The first-order valence-corrected chi connectivity index (χ1v) is 9.31. The molecule has 6 nitrogen and oxygen atoms in total. The monoisotopic (exact) mass is 344 g/mol. The molecule has 136 valence electrons. The molecule has 0 radical (unpaired) electrons. The fourth-order valence-corrected chi connectivity index (χ4v) is 3.62. The highest BCUT2D eigenvalue weighted by atomic mass is 16.5. The lowest BCUT2D eigenvalue weighted by molar-refractivity contribution is 0.0644. The van der Waals surface area contributed by atoms with E-state index in [1.165, 1.54) is 0 Å². The SMILES string of the molecule is CCCN(C(=O)c1cc(C)nc2onc(C(C)C)c12)C1CCNCC1. The van der Waals surface area contributed by atoms with E-state index >= 15 is 0 Å². The van der Waals surface area contributed by atoms with Crippen molar-refractivity contribution in [1.29, 1.82) is 0 Å². The first-order valence-electron chi connectivity index (χ1n) is 9.31. The lowest BCUT2D eigenvalue weighted by Crippen LogP contribution is -2.46. The standard InChI is InChI=1S/C19H28N4O2/c1-5-10-23(14-6-8-20-9-7-14)19(24)15-11-13(4)21-18-16(15)17(12(2)3)22-25-18/h11-12,14,20H,5-10H2,1-4H3. The van der Waals surface area contributed by atoms with Gasteiger partial charge < -0.3 is 14.7 Å². The van der Waals surface area contributed by atoms with Crippen molar-refractivity contribution in [2.75, 3.05) is 19.6 Å². The van der Waals surface area contributed by atoms with Gasteiger partial charge in [-0.25, -0.2) is 4.98 Å². The molecular weight excluding hydrogens is 316 g/mol. The van der Waals surface area contributed by atoms with Gasteiger partial charge >= 0.3 is 0 Å². The molecule has 1 N–H and O–H groups in total. The topological polar surface area (TPSA) is 71.3 Å². The summed E-state index contributed by atoms with van der Waals surface area (Å²) in [5.74, 6) is 0.255. The Morgan fingerprint density at radius 1 is 1.40 bits per heavy atom. The van der Waals surface area contributed by atoms with Crippen LogP contribution in [0.2, 0.25) is 0 Å². The maximum atomic E-state index is 13.5. The molecule has 25 heavy (non-hydrogen) atoms. The third kappa shape index (κ3) is 3.54. The van der Waals surface area contributed by atoms with Crippen molar-refractivity contribution in [3.05, 3.63) is 23.0 Å². The molecule has 1 aliphatic heterocycles. The first kappa shape index (κ1) is 17.9. The number of carbonyl (C=O) groups is 1. The number of hydrogen-bond donors (Lipinski definition) is 1. The second-order valence-corrected chi connectivity index (χ2v) is 7.19. The molecule has 0 aromatic carbocycles. The van der Waals surface area contributed by atoms with E-state index in [9.17, 15) is 4.79 Å². The first-order chi connectivity index (χ1) is 12.0. The molecule has 0 unspecified atom stereocenters. The van der Waals surface area contributed by atoms with E-state index in [2.05, 4.69) is 36.2 Å². The van der Waals surface area contributed by atoms with Crippen LogP contribution < -0.4 is 5.32 Å². The summed E-state index contributed by atoms with van der Waals surface area (Å²) < 4.78 is 5.43. The third-order valence-corrected chi connectivity index (χ3v) is 4.85. The molecule has 2 aromatic rings. The Labute approximate surface area is 149 Å². The van der Waals surface area contributed by atoms with Crippen LogP contribution in [0.25, 0.3) is 11.1 Å². The largest absolute Gasteiger partial charge is 0.336 e. The van der Waals surface area contributed by atoms with Crippen molar-refractivity contribution < 1.29 is 9.32 Å². The van der Waals surface area contributed by atoms with Crippen molar-refractivity contribution in [3.63, 3.8) is 0 Å². The van der Waals surface area contributed by atoms with Gasteiger partial charge in [0.1, 0.15) is 0 Å². The van der Waals surface area contributed by atoms with Gasteiger partial charge in [0.2, 0.25) is 0 Å². The van der Waals surface area contributed by atoms with Crippen LogP contribution in [0.15, 0.2) is 10.6 Å². The van der Waals surface area contributed by atoms with Crippen molar-refractivity contribution in [1.82, 2.24) is 20.4 Å². The zero-order chi connectivity index (χ0) is 18.0. The number of aryl methyl sites for hydroxylation is 1. The molecule has 3 rings (SSSR count). The van der Waals surface area contributed by atoms with Crippen LogP contribution in [0, 0.1) is 6.92 Å². The van der Waals surface area contributed by atoms with Crippen LogP contribution in [0.5, 0.6) is 0 Å². The molecule has 0 saturated carbocycles. The molecule has 1 aliphatic rings. The minimum absolute atomic E-state index is 0.0781. The summed E-state index contributed by atoms with van der Waals surface area (Å²) in [5, 5.41) is 8.33. The van der Waals surface area contributed by atoms with E-state index < -0.39 is 0 Å². The summed E-state index contributed by atoms with van der Waals surface area (Å²) >= 11 is 0. The minimum Gasteiger partial charge on any atom is -0.336 e. The van der Waals surface area contributed by atoms with Crippen LogP contribution in [0.4, 0.5) is 0 Å². The van der Waals surface area contributed by atoms with E-state index in [-0.39, 0.29) is 11.8 Å². The zero-order valence-corrected chi connectivity index (χ0v) is 15.6. The van der Waals surface area contributed by atoms with Crippen LogP contribution in [0.1, 0.15) is 67.7 Å². The summed E-state index contributed by atoms with van der Waals surface area (Å²) in [5.41, 5.74) is 2.74. The number of aromatic nitrogens is 2. The Balaban J connectivity index is 2.05. The highest BCUT2D eigenvalue weighted by Gasteiger charge is 2.29. The number of pyridine rings is 1. The Hall–Kier alpha value is -1.95. The quantitative estimate of drug-likeness (QED) is 0.901. The predicted molar refractivity (Wildman–Crippen MR) is 97.8 cm³/mol. The Morgan fingerprint density at radius 2 is 2.12 bits per heavy atom. The van der Waals surface area contributed by atoms with Gasteiger partial charge in [0.25, 0.3) is 11.6 Å². The Bertz CT molecular complexity index is 747. The van der Waals surface area contributed by atoms with Crippen LogP contribution in [-0.2, 0) is 0 Å². The fraction of sp³-hybridized carbons (Fsp3) is 0.632. The van der Waals surface area contributed by atoms with Gasteiger partial charge in [0.15, 0.2) is 0 Å². The van der Waals surface area contributed by atoms with Crippen molar-refractivity contribution >= 4 is 17.0 Å². The number of amides is 1. The molecular formula is C19H28N4O2. The second-order valence-electron chi connectivity index (χ2n) is 7.19. The number of nitrogens with one attached hydrogen (secondary N) is 1. The summed E-state index contributed by atoms with van der Waals surface area (Å²) in [6.07, 6.45) is 2.95. The minimum atomic E-state index is 0.0781. The highest BCUT2D eigenvalue weighted by Crippen LogP contribution is 2.29. The Morgan fingerprint density at radius 3 is 2.76 bits per heavy atom. The van der Waals surface area contributed by atoms with Crippen molar-refractivity contribution in [2.45, 2.75) is 58.9 Å². The normalized spacial score (nSPS) is 15.9. The number of hydrogen-bond acceptors (Lipinski definition) is 5. The zero-order valence-electron chi connectivity index (χ0n) is 15.6. The number of piperidine rings is 1. The van der Waals surface area contributed by atoms with Gasteiger partial charge in [-0.05, 0) is 51.3 Å². The average molecular weight is 344 g/mol. The molecule has 6 heteroatoms. The number of carbonyl (C=O) groups excluding carboxylic acids is 1. The van der Waals surface area contributed by atoms with Gasteiger partial charge in [-0.2, -0.15) is 0 Å². The molecule has 1 fully saturated rings. The Kier molecular flexibility index (Phi) is 5.37. The second kappa shape index (κ2) is 7.52.